The molecule has 2 aromatic rings. The van der Waals surface area contributed by atoms with Crippen molar-refractivity contribution in [3.05, 3.63) is 17.7 Å². The van der Waals surface area contributed by atoms with Gasteiger partial charge in [0.05, 0.1) is 6.04 Å². The fourth-order valence-corrected chi connectivity index (χ4v) is 5.43. The van der Waals surface area contributed by atoms with E-state index in [0.717, 1.165) is 0 Å². The first-order valence-corrected chi connectivity index (χ1v) is 13.3. The highest BCUT2D eigenvalue weighted by molar-refractivity contribution is 6.48. The lowest BCUT2D eigenvalue weighted by Crippen LogP contribution is -2.54. The standard InChI is InChI=1S/C21H31N3O5Si/c1-20(2,3)12-10-24(19(26)17(12)28-30(6)7)16-11-8-13-14(23-29-22-13)9-15(11)27-21(4,5)18(16)25/h8-9,12,16-18,25,30H,10H2,1-7H3. The summed E-state index contributed by atoms with van der Waals surface area (Å²) < 4.78 is 17.2. The molecule has 0 saturated carbocycles. The van der Waals surface area contributed by atoms with E-state index in [9.17, 15) is 9.90 Å². The van der Waals surface area contributed by atoms with E-state index in [-0.39, 0.29) is 17.2 Å². The van der Waals surface area contributed by atoms with Crippen molar-refractivity contribution in [3.63, 3.8) is 0 Å². The van der Waals surface area contributed by atoms with Crippen LogP contribution in [-0.2, 0) is 9.22 Å². The maximum Gasteiger partial charge on any atom is 0.251 e. The number of hydrogen-bond acceptors (Lipinski definition) is 7. The molecule has 0 aliphatic carbocycles. The minimum atomic E-state index is -1.44. The fraction of sp³-hybridized carbons (Fsp3) is 0.667. The van der Waals surface area contributed by atoms with Crippen molar-refractivity contribution >= 4 is 26.0 Å². The van der Waals surface area contributed by atoms with E-state index in [2.05, 4.69) is 44.2 Å². The molecule has 8 nitrogen and oxygen atoms in total. The number of aliphatic hydroxyl groups is 1. The Hall–Kier alpha value is -1.97. The topological polar surface area (TPSA) is 97.9 Å². The van der Waals surface area contributed by atoms with Gasteiger partial charge in [0.15, 0.2) is 9.04 Å². The van der Waals surface area contributed by atoms with Gasteiger partial charge in [0.25, 0.3) is 5.91 Å². The second-order valence-electron chi connectivity index (χ2n) is 10.3. The summed E-state index contributed by atoms with van der Waals surface area (Å²) >= 11 is 0. The Morgan fingerprint density at radius 3 is 2.47 bits per heavy atom. The third kappa shape index (κ3) is 3.42. The molecule has 0 bridgehead atoms. The van der Waals surface area contributed by atoms with E-state index in [0.29, 0.717) is 28.9 Å². The number of carbonyl (C=O) groups is 1. The molecule has 1 amide bonds. The summed E-state index contributed by atoms with van der Waals surface area (Å²) in [6.07, 6.45) is -1.40. The van der Waals surface area contributed by atoms with Gasteiger partial charge in [-0.2, -0.15) is 0 Å². The molecule has 4 unspecified atom stereocenters. The van der Waals surface area contributed by atoms with Crippen LogP contribution in [0.3, 0.4) is 0 Å². The monoisotopic (exact) mass is 433 g/mol. The number of hydrogen-bond donors (Lipinski definition) is 1. The third-order valence-corrected chi connectivity index (χ3v) is 7.08. The van der Waals surface area contributed by atoms with Crippen LogP contribution in [0.5, 0.6) is 5.75 Å². The second-order valence-corrected chi connectivity index (χ2v) is 12.7. The number of benzene rings is 1. The SMILES string of the molecule is C[SiH](C)OC1C(=O)N(C2c3cc4nonc4cc3OC(C)(C)C2O)CC1C(C)(C)C. The molecule has 9 heteroatoms. The van der Waals surface area contributed by atoms with Crippen LogP contribution in [0, 0.1) is 11.3 Å². The van der Waals surface area contributed by atoms with Gasteiger partial charge in [0, 0.05) is 24.1 Å². The van der Waals surface area contributed by atoms with E-state index in [1.807, 2.05) is 13.8 Å². The molecule has 164 valence electrons. The summed E-state index contributed by atoms with van der Waals surface area (Å²) in [5.41, 5.74) is 0.856. The van der Waals surface area contributed by atoms with Crippen LogP contribution in [0.4, 0.5) is 0 Å². The van der Waals surface area contributed by atoms with Crippen molar-refractivity contribution in [2.75, 3.05) is 6.54 Å². The Balaban J connectivity index is 1.81. The van der Waals surface area contributed by atoms with Crippen LogP contribution >= 0.6 is 0 Å². The van der Waals surface area contributed by atoms with Crippen molar-refractivity contribution in [2.45, 2.75) is 71.6 Å². The third-order valence-electron chi connectivity index (χ3n) is 6.24. The first-order valence-electron chi connectivity index (χ1n) is 10.5. The van der Waals surface area contributed by atoms with Crippen molar-refractivity contribution in [1.29, 1.82) is 0 Å². The van der Waals surface area contributed by atoms with Gasteiger partial charge in [-0.25, -0.2) is 4.63 Å². The Morgan fingerprint density at radius 1 is 1.23 bits per heavy atom. The first kappa shape index (κ1) is 21.3. The molecule has 1 aromatic carbocycles. The molecular weight excluding hydrogens is 402 g/mol. The highest BCUT2D eigenvalue weighted by atomic mass is 28.3. The quantitative estimate of drug-likeness (QED) is 0.743. The fourth-order valence-electron chi connectivity index (χ4n) is 4.54. The van der Waals surface area contributed by atoms with Crippen LogP contribution in [0.1, 0.15) is 46.2 Å². The molecular formula is C21H31N3O5Si. The predicted molar refractivity (Wildman–Crippen MR) is 114 cm³/mol. The van der Waals surface area contributed by atoms with E-state index >= 15 is 0 Å². The van der Waals surface area contributed by atoms with Crippen molar-refractivity contribution in [3.8, 4) is 5.75 Å². The van der Waals surface area contributed by atoms with Crippen LogP contribution in [0.15, 0.2) is 16.8 Å². The van der Waals surface area contributed by atoms with Gasteiger partial charge in [-0.05, 0) is 48.7 Å². The zero-order chi connectivity index (χ0) is 22.0. The summed E-state index contributed by atoms with van der Waals surface area (Å²) in [4.78, 5) is 15.4. The summed E-state index contributed by atoms with van der Waals surface area (Å²) in [5, 5.41) is 19.1. The Bertz CT molecular complexity index is 967. The highest BCUT2D eigenvalue weighted by Gasteiger charge is 2.54. The molecule has 1 N–H and O–H groups in total. The molecule has 0 spiro atoms. The summed E-state index contributed by atoms with van der Waals surface area (Å²) in [5.74, 6) is 0.544. The molecule has 4 atom stereocenters. The maximum atomic E-state index is 13.6. The molecule has 1 aromatic heterocycles. The number of rotatable bonds is 3. The number of nitrogens with zero attached hydrogens (tertiary/aromatic N) is 3. The number of aliphatic hydroxyl groups excluding tert-OH is 1. The first-order chi connectivity index (χ1) is 13.9. The van der Waals surface area contributed by atoms with Gasteiger partial charge in [-0.3, -0.25) is 4.79 Å². The predicted octanol–water partition coefficient (Wildman–Crippen LogP) is 2.67. The van der Waals surface area contributed by atoms with Crippen LogP contribution in [0.25, 0.3) is 11.0 Å². The molecule has 1 saturated heterocycles. The van der Waals surface area contributed by atoms with E-state index in [1.165, 1.54) is 0 Å². The van der Waals surface area contributed by atoms with E-state index in [4.69, 9.17) is 13.8 Å². The molecule has 30 heavy (non-hydrogen) atoms. The highest BCUT2D eigenvalue weighted by Crippen LogP contribution is 2.48. The van der Waals surface area contributed by atoms with E-state index in [1.54, 1.807) is 17.0 Å². The zero-order valence-corrected chi connectivity index (χ0v) is 19.8. The minimum absolute atomic E-state index is 0.0268. The Morgan fingerprint density at radius 2 is 1.87 bits per heavy atom. The summed E-state index contributed by atoms with van der Waals surface area (Å²) in [7, 11) is -1.44. The van der Waals surface area contributed by atoms with Crippen molar-refractivity contribution in [1.82, 2.24) is 15.2 Å². The molecule has 1 fully saturated rings. The Labute approximate surface area is 178 Å². The normalized spacial score (nSPS) is 28.8. The average molecular weight is 434 g/mol. The smallest absolute Gasteiger partial charge is 0.251 e. The number of ether oxygens (including phenoxy) is 1. The zero-order valence-electron chi connectivity index (χ0n) is 18.7. The summed E-state index contributed by atoms with van der Waals surface area (Å²) in [6, 6.07) is 3.00. The van der Waals surface area contributed by atoms with Gasteiger partial charge in [-0.15, -0.1) is 0 Å². The van der Waals surface area contributed by atoms with Gasteiger partial charge in [0.2, 0.25) is 0 Å². The second kappa shape index (κ2) is 7.03. The van der Waals surface area contributed by atoms with Gasteiger partial charge >= 0.3 is 0 Å². The Kier molecular flexibility index (Phi) is 4.98. The number of carbonyl (C=O) groups excluding carboxylic acids is 1. The van der Waals surface area contributed by atoms with Gasteiger partial charge < -0.3 is 19.2 Å². The van der Waals surface area contributed by atoms with Crippen molar-refractivity contribution < 1.29 is 23.7 Å². The van der Waals surface area contributed by atoms with Crippen LogP contribution in [-0.4, -0.2) is 59.6 Å². The summed E-state index contributed by atoms with van der Waals surface area (Å²) in [6.45, 7) is 14.7. The lowest BCUT2D eigenvalue weighted by Gasteiger charge is -2.45. The molecule has 2 aliphatic rings. The number of amides is 1. The van der Waals surface area contributed by atoms with Crippen LogP contribution in [0.2, 0.25) is 13.1 Å². The van der Waals surface area contributed by atoms with Crippen molar-refractivity contribution in [2.24, 2.45) is 11.3 Å². The molecule has 3 heterocycles. The van der Waals surface area contributed by atoms with Gasteiger partial charge in [0.1, 0.15) is 34.6 Å². The maximum absolute atomic E-state index is 13.6. The lowest BCUT2D eigenvalue weighted by atomic mass is 9.79. The number of fused-ring (bicyclic) bond motifs is 2. The molecule has 2 aliphatic heterocycles. The molecule has 0 radical (unpaired) electrons. The minimum Gasteiger partial charge on any atom is -0.485 e. The molecule has 4 rings (SSSR count). The van der Waals surface area contributed by atoms with Gasteiger partial charge in [-0.1, -0.05) is 20.8 Å². The number of likely N-dealkylation sites (tertiary alicyclic amines) is 1. The number of aromatic nitrogens is 2. The largest absolute Gasteiger partial charge is 0.485 e. The van der Waals surface area contributed by atoms with E-state index < -0.39 is 32.9 Å². The van der Waals surface area contributed by atoms with Crippen LogP contribution < -0.4 is 4.74 Å². The average Bonchev–Trinajstić information content (AvgIpc) is 3.19. The lowest BCUT2D eigenvalue weighted by molar-refractivity contribution is -0.144.